The van der Waals surface area contributed by atoms with Crippen LogP contribution in [0.2, 0.25) is 0 Å². The summed E-state index contributed by atoms with van der Waals surface area (Å²) in [7, 11) is 0. The number of halogens is 2. The Labute approximate surface area is 118 Å². The summed E-state index contributed by atoms with van der Waals surface area (Å²) in [6.45, 7) is 1.79. The number of rotatable bonds is 3. The highest BCUT2D eigenvalue weighted by atomic mass is 79.9. The first-order valence-corrected chi connectivity index (χ1v) is 6.74. The van der Waals surface area contributed by atoms with Gasteiger partial charge in [0.05, 0.1) is 24.2 Å². The van der Waals surface area contributed by atoms with Gasteiger partial charge in [-0.25, -0.2) is 4.39 Å². The van der Waals surface area contributed by atoms with Gasteiger partial charge >= 0.3 is 0 Å². The summed E-state index contributed by atoms with van der Waals surface area (Å²) in [5.41, 5.74) is 1.64. The van der Waals surface area contributed by atoms with Gasteiger partial charge in [-0.05, 0) is 40.2 Å². The summed E-state index contributed by atoms with van der Waals surface area (Å²) in [6, 6.07) is 6.25. The molecule has 0 unspecified atom stereocenters. The van der Waals surface area contributed by atoms with Crippen molar-refractivity contribution >= 4 is 15.9 Å². The predicted octanol–water partition coefficient (Wildman–Crippen LogP) is 2.82. The molecule has 0 spiro atoms. The van der Waals surface area contributed by atoms with Gasteiger partial charge in [-0.15, -0.1) is 0 Å². The molecule has 4 nitrogen and oxygen atoms in total. The van der Waals surface area contributed by atoms with Crippen molar-refractivity contribution in [2.24, 2.45) is 0 Å². The number of ether oxygens (including phenoxy) is 2. The topological polar surface area (TPSA) is 36.3 Å². The van der Waals surface area contributed by atoms with Gasteiger partial charge in [0.15, 0.2) is 6.29 Å². The van der Waals surface area contributed by atoms with Crippen LogP contribution in [0.5, 0.6) is 0 Å². The van der Waals surface area contributed by atoms with E-state index in [2.05, 4.69) is 21.0 Å². The van der Waals surface area contributed by atoms with Crippen LogP contribution in [0.15, 0.2) is 34.9 Å². The molecule has 6 heteroatoms. The molecule has 1 aromatic carbocycles. The van der Waals surface area contributed by atoms with E-state index in [0.717, 1.165) is 15.7 Å². The van der Waals surface area contributed by atoms with Crippen molar-refractivity contribution in [1.82, 2.24) is 9.78 Å². The number of hydrogen-bond donors (Lipinski definition) is 0. The minimum atomic E-state index is -0.257. The Bertz CT molecular complexity index is 565. The lowest BCUT2D eigenvalue weighted by Gasteiger charge is -2.08. The van der Waals surface area contributed by atoms with Gasteiger partial charge in [-0.2, -0.15) is 5.10 Å². The van der Waals surface area contributed by atoms with E-state index in [1.54, 1.807) is 16.8 Å². The molecule has 1 aliphatic heterocycles. The fourth-order valence-electron chi connectivity index (χ4n) is 1.96. The molecule has 0 amide bonds. The van der Waals surface area contributed by atoms with Gasteiger partial charge in [0.2, 0.25) is 0 Å². The zero-order valence-corrected chi connectivity index (χ0v) is 11.6. The number of nitrogens with zero attached hydrogens (tertiary/aromatic N) is 2. The fourth-order valence-corrected chi connectivity index (χ4v) is 2.50. The molecular formula is C13H12BrFN2O2. The van der Waals surface area contributed by atoms with E-state index in [9.17, 15) is 4.39 Å². The molecule has 1 fully saturated rings. The molecule has 0 saturated carbocycles. The zero-order valence-electron chi connectivity index (χ0n) is 10.1. The van der Waals surface area contributed by atoms with Crippen LogP contribution in [0.1, 0.15) is 0 Å². The first-order valence-electron chi connectivity index (χ1n) is 5.94. The summed E-state index contributed by atoms with van der Waals surface area (Å²) in [5.74, 6) is -0.257. The first kappa shape index (κ1) is 12.8. The van der Waals surface area contributed by atoms with Crippen molar-refractivity contribution in [3.05, 3.63) is 40.8 Å². The molecule has 19 heavy (non-hydrogen) atoms. The Morgan fingerprint density at radius 2 is 1.95 bits per heavy atom. The highest BCUT2D eigenvalue weighted by Gasteiger charge is 2.18. The summed E-state index contributed by atoms with van der Waals surface area (Å²) in [4.78, 5) is 0. The number of aromatic nitrogens is 2. The molecule has 0 radical (unpaired) electrons. The van der Waals surface area contributed by atoms with Gasteiger partial charge in [0.25, 0.3) is 0 Å². The van der Waals surface area contributed by atoms with E-state index in [1.165, 1.54) is 12.1 Å². The van der Waals surface area contributed by atoms with Crippen molar-refractivity contribution in [2.75, 3.05) is 13.2 Å². The van der Waals surface area contributed by atoms with Gasteiger partial charge in [0.1, 0.15) is 11.5 Å². The lowest BCUT2D eigenvalue weighted by molar-refractivity contribution is -0.0545. The third-order valence-electron chi connectivity index (χ3n) is 2.86. The molecule has 2 aromatic rings. The maximum Gasteiger partial charge on any atom is 0.177 e. The first-order chi connectivity index (χ1) is 9.22. The molecule has 0 aliphatic carbocycles. The van der Waals surface area contributed by atoms with E-state index in [-0.39, 0.29) is 12.1 Å². The van der Waals surface area contributed by atoms with Crippen LogP contribution < -0.4 is 0 Å². The molecule has 1 saturated heterocycles. The van der Waals surface area contributed by atoms with Gasteiger partial charge in [-0.1, -0.05) is 0 Å². The summed E-state index contributed by atoms with van der Waals surface area (Å²) in [5, 5.41) is 4.46. The average Bonchev–Trinajstić information content (AvgIpc) is 3.01. The van der Waals surface area contributed by atoms with Crippen LogP contribution >= 0.6 is 15.9 Å². The minimum Gasteiger partial charge on any atom is -0.348 e. The SMILES string of the molecule is Fc1ccc(-c2nn(CC3OCCO3)cc2Br)cc1. The number of benzene rings is 1. The third kappa shape index (κ3) is 2.86. The largest absolute Gasteiger partial charge is 0.348 e. The fraction of sp³-hybridized carbons (Fsp3) is 0.308. The molecule has 0 atom stereocenters. The summed E-state index contributed by atoms with van der Waals surface area (Å²) in [6.07, 6.45) is 1.62. The van der Waals surface area contributed by atoms with Gasteiger partial charge in [0, 0.05) is 11.8 Å². The van der Waals surface area contributed by atoms with E-state index >= 15 is 0 Å². The maximum absolute atomic E-state index is 12.9. The molecule has 2 heterocycles. The van der Waals surface area contributed by atoms with Crippen molar-refractivity contribution < 1.29 is 13.9 Å². The molecule has 100 valence electrons. The monoisotopic (exact) mass is 326 g/mol. The Balaban J connectivity index is 1.82. The van der Waals surface area contributed by atoms with Crippen LogP contribution in [0.4, 0.5) is 4.39 Å². The van der Waals surface area contributed by atoms with E-state index in [4.69, 9.17) is 9.47 Å². The summed E-state index contributed by atoms with van der Waals surface area (Å²) >= 11 is 3.46. The zero-order chi connectivity index (χ0) is 13.2. The predicted molar refractivity (Wildman–Crippen MR) is 71.0 cm³/mol. The van der Waals surface area contributed by atoms with Gasteiger partial charge in [-0.3, -0.25) is 4.68 Å². The van der Waals surface area contributed by atoms with Crippen molar-refractivity contribution in [2.45, 2.75) is 12.8 Å². The Hall–Kier alpha value is -1.24. The molecule has 1 aliphatic rings. The van der Waals surface area contributed by atoms with Gasteiger partial charge < -0.3 is 9.47 Å². The van der Waals surface area contributed by atoms with Crippen LogP contribution in [0.25, 0.3) is 11.3 Å². The second kappa shape index (κ2) is 5.40. The van der Waals surface area contributed by atoms with Crippen LogP contribution in [0.3, 0.4) is 0 Å². The normalized spacial score (nSPS) is 16.1. The minimum absolute atomic E-state index is 0.243. The lowest BCUT2D eigenvalue weighted by Crippen LogP contribution is -2.17. The molecule has 1 aromatic heterocycles. The standard InChI is InChI=1S/C13H12BrFN2O2/c14-11-7-17(8-12-18-5-6-19-12)16-13(11)9-1-3-10(15)4-2-9/h1-4,7,12H,5-6,8H2. The second-order valence-electron chi connectivity index (χ2n) is 4.23. The van der Waals surface area contributed by atoms with E-state index in [1.807, 2.05) is 6.20 Å². The van der Waals surface area contributed by atoms with Crippen molar-refractivity contribution in [3.63, 3.8) is 0 Å². The summed E-state index contributed by atoms with van der Waals surface area (Å²) < 4.78 is 26.3. The second-order valence-corrected chi connectivity index (χ2v) is 5.08. The van der Waals surface area contributed by atoms with E-state index in [0.29, 0.717) is 19.8 Å². The molecule has 0 N–H and O–H groups in total. The Morgan fingerprint density at radius 1 is 1.26 bits per heavy atom. The molecule has 0 bridgehead atoms. The van der Waals surface area contributed by atoms with Crippen LogP contribution in [-0.2, 0) is 16.0 Å². The lowest BCUT2D eigenvalue weighted by atomic mass is 10.1. The van der Waals surface area contributed by atoms with E-state index < -0.39 is 0 Å². The van der Waals surface area contributed by atoms with Crippen molar-refractivity contribution in [1.29, 1.82) is 0 Å². The number of hydrogen-bond acceptors (Lipinski definition) is 3. The Kier molecular flexibility index (Phi) is 3.63. The molecular weight excluding hydrogens is 315 g/mol. The van der Waals surface area contributed by atoms with Crippen LogP contribution in [-0.4, -0.2) is 29.3 Å². The van der Waals surface area contributed by atoms with Crippen LogP contribution in [0, 0.1) is 5.82 Å². The average molecular weight is 327 g/mol. The Morgan fingerprint density at radius 3 is 2.63 bits per heavy atom. The van der Waals surface area contributed by atoms with Crippen molar-refractivity contribution in [3.8, 4) is 11.3 Å². The maximum atomic E-state index is 12.9. The third-order valence-corrected chi connectivity index (χ3v) is 3.44. The highest BCUT2D eigenvalue weighted by Crippen LogP contribution is 2.27. The highest BCUT2D eigenvalue weighted by molar-refractivity contribution is 9.10. The molecule has 3 rings (SSSR count). The smallest absolute Gasteiger partial charge is 0.177 e. The quantitative estimate of drug-likeness (QED) is 0.870.